The summed E-state index contributed by atoms with van der Waals surface area (Å²) in [5, 5.41) is 2.71. The first-order valence-electron chi connectivity index (χ1n) is 5.99. The topological polar surface area (TPSA) is 55.1 Å². The van der Waals surface area contributed by atoms with E-state index < -0.39 is 17.3 Å². The molecule has 1 aromatic carbocycles. The molecule has 0 aromatic heterocycles. The van der Waals surface area contributed by atoms with E-state index in [1.54, 1.807) is 6.92 Å². The highest BCUT2D eigenvalue weighted by Gasteiger charge is 2.46. The number of hydrogen-bond donors (Lipinski definition) is 2. The minimum Gasteiger partial charge on any atom is -0.348 e. The van der Waals surface area contributed by atoms with Gasteiger partial charge in [0.25, 0.3) is 0 Å². The van der Waals surface area contributed by atoms with Crippen LogP contribution in [-0.2, 0) is 11.0 Å². The van der Waals surface area contributed by atoms with E-state index in [4.69, 9.17) is 5.73 Å². The van der Waals surface area contributed by atoms with Crippen molar-refractivity contribution in [1.82, 2.24) is 5.32 Å². The van der Waals surface area contributed by atoms with Crippen molar-refractivity contribution >= 4 is 5.91 Å². The first kappa shape index (κ1) is 13.9. The molecule has 0 aliphatic heterocycles. The average molecular weight is 272 g/mol. The van der Waals surface area contributed by atoms with Crippen LogP contribution in [0.5, 0.6) is 0 Å². The second kappa shape index (κ2) is 4.52. The molecule has 19 heavy (non-hydrogen) atoms. The molecule has 0 bridgehead atoms. The Hall–Kier alpha value is -1.56. The van der Waals surface area contributed by atoms with E-state index in [2.05, 4.69) is 5.32 Å². The summed E-state index contributed by atoms with van der Waals surface area (Å²) in [7, 11) is 0. The van der Waals surface area contributed by atoms with E-state index in [1.807, 2.05) is 0 Å². The van der Waals surface area contributed by atoms with Crippen LogP contribution in [0.4, 0.5) is 13.2 Å². The second-order valence-corrected chi connectivity index (χ2v) is 4.97. The molecule has 0 saturated heterocycles. The predicted octanol–water partition coefficient (Wildman–Crippen LogP) is 2.37. The minimum atomic E-state index is -4.35. The minimum absolute atomic E-state index is 0.250. The first-order valence-corrected chi connectivity index (χ1v) is 5.99. The van der Waals surface area contributed by atoms with Crippen LogP contribution in [0.3, 0.4) is 0 Å². The second-order valence-electron chi connectivity index (χ2n) is 4.97. The van der Waals surface area contributed by atoms with Crippen LogP contribution in [0, 0.1) is 0 Å². The highest BCUT2D eigenvalue weighted by molar-refractivity contribution is 5.89. The van der Waals surface area contributed by atoms with Crippen molar-refractivity contribution in [3.63, 3.8) is 0 Å². The summed E-state index contributed by atoms with van der Waals surface area (Å²) in [4.78, 5) is 11.7. The molecule has 1 saturated carbocycles. The van der Waals surface area contributed by atoms with Crippen molar-refractivity contribution in [2.24, 2.45) is 5.73 Å². The average Bonchev–Trinajstić information content (AvgIpc) is 3.08. The summed E-state index contributed by atoms with van der Waals surface area (Å²) in [6, 6.07) is 4.38. The molecule has 1 fully saturated rings. The van der Waals surface area contributed by atoms with E-state index in [0.717, 1.165) is 12.1 Å². The third-order valence-corrected chi connectivity index (χ3v) is 3.33. The van der Waals surface area contributed by atoms with Crippen molar-refractivity contribution in [3.8, 4) is 0 Å². The number of rotatable bonds is 3. The van der Waals surface area contributed by atoms with Crippen LogP contribution >= 0.6 is 0 Å². The number of carbonyl (C=O) groups is 1. The Morgan fingerprint density at radius 1 is 1.32 bits per heavy atom. The number of hydrogen-bond acceptors (Lipinski definition) is 2. The van der Waals surface area contributed by atoms with Gasteiger partial charge in [0.05, 0.1) is 17.1 Å². The number of benzene rings is 1. The van der Waals surface area contributed by atoms with Gasteiger partial charge in [-0.15, -0.1) is 0 Å². The molecule has 3 N–H and O–H groups in total. The van der Waals surface area contributed by atoms with Crippen molar-refractivity contribution in [2.75, 3.05) is 0 Å². The smallest absolute Gasteiger partial charge is 0.348 e. The number of amides is 1. The molecular weight excluding hydrogens is 257 g/mol. The molecule has 0 heterocycles. The van der Waals surface area contributed by atoms with Crippen LogP contribution in [0.1, 0.15) is 36.9 Å². The van der Waals surface area contributed by atoms with Crippen LogP contribution in [0.25, 0.3) is 0 Å². The van der Waals surface area contributed by atoms with Gasteiger partial charge in [-0.3, -0.25) is 4.79 Å². The number of nitrogens with one attached hydrogen (secondary N) is 1. The Balaban J connectivity index is 2.03. The number of halogens is 3. The Morgan fingerprint density at radius 3 is 2.26 bits per heavy atom. The maximum atomic E-state index is 12.4. The molecule has 1 aliphatic rings. The Morgan fingerprint density at radius 2 is 1.84 bits per heavy atom. The van der Waals surface area contributed by atoms with E-state index in [1.165, 1.54) is 12.1 Å². The van der Waals surface area contributed by atoms with Crippen LogP contribution in [0.15, 0.2) is 24.3 Å². The third kappa shape index (κ3) is 3.07. The highest BCUT2D eigenvalue weighted by atomic mass is 19.4. The Kier molecular flexibility index (Phi) is 3.30. The molecule has 0 spiro atoms. The molecule has 1 aromatic rings. The standard InChI is InChI=1S/C13H15F3N2O/c1-8(18-11(19)12(17)6-7-12)9-2-4-10(5-3-9)13(14,15)16/h2-5,8H,6-7,17H2,1H3,(H,18,19). The van der Waals surface area contributed by atoms with E-state index in [9.17, 15) is 18.0 Å². The zero-order valence-corrected chi connectivity index (χ0v) is 10.4. The van der Waals surface area contributed by atoms with Gasteiger partial charge in [-0.1, -0.05) is 12.1 Å². The van der Waals surface area contributed by atoms with Gasteiger partial charge < -0.3 is 11.1 Å². The van der Waals surface area contributed by atoms with E-state index >= 15 is 0 Å². The molecule has 1 unspecified atom stereocenters. The maximum absolute atomic E-state index is 12.4. The molecule has 104 valence electrons. The summed E-state index contributed by atoms with van der Waals surface area (Å²) in [5.74, 6) is -0.250. The fourth-order valence-corrected chi connectivity index (χ4v) is 1.75. The Bertz CT molecular complexity index is 478. The molecule has 1 atom stereocenters. The van der Waals surface area contributed by atoms with Crippen molar-refractivity contribution in [1.29, 1.82) is 0 Å². The maximum Gasteiger partial charge on any atom is 0.416 e. The fourth-order valence-electron chi connectivity index (χ4n) is 1.75. The van der Waals surface area contributed by atoms with Gasteiger partial charge >= 0.3 is 6.18 Å². The molecule has 2 rings (SSSR count). The number of nitrogens with two attached hydrogens (primary N) is 1. The lowest BCUT2D eigenvalue weighted by atomic mass is 10.1. The van der Waals surface area contributed by atoms with Crippen LogP contribution < -0.4 is 11.1 Å². The first-order chi connectivity index (χ1) is 8.72. The van der Waals surface area contributed by atoms with Gasteiger partial charge in [0.2, 0.25) is 5.91 Å². The normalized spacial score (nSPS) is 18.8. The molecule has 0 radical (unpaired) electrons. The lowest BCUT2D eigenvalue weighted by Crippen LogP contribution is -2.43. The molecule has 1 amide bonds. The summed E-state index contributed by atoms with van der Waals surface area (Å²) in [6.45, 7) is 1.71. The quantitative estimate of drug-likeness (QED) is 0.887. The lowest BCUT2D eigenvalue weighted by Gasteiger charge is -2.18. The van der Waals surface area contributed by atoms with Gasteiger partial charge in [-0.05, 0) is 37.5 Å². The fraction of sp³-hybridized carbons (Fsp3) is 0.462. The van der Waals surface area contributed by atoms with Gasteiger partial charge in [-0.2, -0.15) is 13.2 Å². The van der Waals surface area contributed by atoms with Crippen molar-refractivity contribution in [3.05, 3.63) is 35.4 Å². The zero-order valence-electron chi connectivity index (χ0n) is 10.4. The van der Waals surface area contributed by atoms with Gasteiger partial charge in [0, 0.05) is 0 Å². The van der Waals surface area contributed by atoms with Crippen LogP contribution in [0.2, 0.25) is 0 Å². The third-order valence-electron chi connectivity index (χ3n) is 3.33. The Labute approximate surface area is 109 Å². The monoisotopic (exact) mass is 272 g/mol. The van der Waals surface area contributed by atoms with Gasteiger partial charge in [-0.25, -0.2) is 0 Å². The van der Waals surface area contributed by atoms with Crippen molar-refractivity contribution in [2.45, 2.75) is 37.5 Å². The largest absolute Gasteiger partial charge is 0.416 e. The van der Waals surface area contributed by atoms with E-state index in [-0.39, 0.29) is 11.9 Å². The summed E-state index contributed by atoms with van der Waals surface area (Å²) >= 11 is 0. The van der Waals surface area contributed by atoms with E-state index in [0.29, 0.717) is 18.4 Å². The lowest BCUT2D eigenvalue weighted by molar-refractivity contribution is -0.137. The highest BCUT2D eigenvalue weighted by Crippen LogP contribution is 2.33. The van der Waals surface area contributed by atoms with Crippen molar-refractivity contribution < 1.29 is 18.0 Å². The summed E-state index contributed by atoms with van der Waals surface area (Å²) in [6.07, 6.45) is -3.04. The summed E-state index contributed by atoms with van der Waals surface area (Å²) in [5.41, 5.74) is 4.87. The molecule has 6 heteroatoms. The van der Waals surface area contributed by atoms with Crippen LogP contribution in [-0.4, -0.2) is 11.4 Å². The predicted molar refractivity (Wildman–Crippen MR) is 64.2 cm³/mol. The molecule has 3 nitrogen and oxygen atoms in total. The number of carbonyl (C=O) groups excluding carboxylic acids is 1. The molecular formula is C13H15F3N2O. The SMILES string of the molecule is CC(NC(=O)C1(N)CC1)c1ccc(C(F)(F)F)cc1. The summed E-state index contributed by atoms with van der Waals surface area (Å²) < 4.78 is 37.2. The van der Waals surface area contributed by atoms with Gasteiger partial charge in [0.15, 0.2) is 0 Å². The number of alkyl halides is 3. The van der Waals surface area contributed by atoms with Gasteiger partial charge in [0.1, 0.15) is 0 Å². The zero-order chi connectivity index (χ0) is 14.3. The molecule has 1 aliphatic carbocycles.